The zero-order valence-electron chi connectivity index (χ0n) is 18.0. The number of aromatic nitrogens is 1. The molecule has 0 aliphatic rings. The van der Waals surface area contributed by atoms with E-state index in [1.165, 1.54) is 45.5 Å². The van der Waals surface area contributed by atoms with Crippen LogP contribution in [0.5, 0.6) is 0 Å². The molecule has 0 radical (unpaired) electrons. The molecule has 0 fully saturated rings. The minimum Gasteiger partial charge on any atom is -0.298 e. The van der Waals surface area contributed by atoms with Gasteiger partial charge in [-0.3, -0.25) is 10.1 Å². The lowest BCUT2D eigenvalue weighted by Gasteiger charge is -2.21. The molecule has 0 saturated carbocycles. The van der Waals surface area contributed by atoms with E-state index < -0.39 is 10.0 Å². The van der Waals surface area contributed by atoms with Crippen molar-refractivity contribution < 1.29 is 13.2 Å². The number of hydrogen-bond acceptors (Lipinski definition) is 5. The van der Waals surface area contributed by atoms with Gasteiger partial charge in [-0.1, -0.05) is 43.7 Å². The van der Waals surface area contributed by atoms with Gasteiger partial charge in [-0.05, 0) is 44.0 Å². The molecule has 8 heteroatoms. The number of thiazole rings is 1. The van der Waals surface area contributed by atoms with E-state index in [1.807, 2.05) is 50.4 Å². The summed E-state index contributed by atoms with van der Waals surface area (Å²) in [5.41, 5.74) is 3.34. The molecule has 0 unspecified atom stereocenters. The Morgan fingerprint density at radius 2 is 1.61 bits per heavy atom. The Labute approximate surface area is 188 Å². The van der Waals surface area contributed by atoms with E-state index in [-0.39, 0.29) is 10.8 Å². The molecule has 6 nitrogen and oxygen atoms in total. The van der Waals surface area contributed by atoms with Crippen molar-refractivity contribution in [3.8, 4) is 11.3 Å². The molecule has 1 aromatic heterocycles. The summed E-state index contributed by atoms with van der Waals surface area (Å²) in [5, 5.41) is 5.18. The number of sulfonamides is 1. The van der Waals surface area contributed by atoms with Gasteiger partial charge in [0.25, 0.3) is 5.91 Å². The molecule has 3 rings (SSSR count). The molecule has 0 atom stereocenters. The van der Waals surface area contributed by atoms with Crippen LogP contribution in [0.2, 0.25) is 0 Å². The molecule has 0 aliphatic carbocycles. The Balaban J connectivity index is 1.71. The van der Waals surface area contributed by atoms with E-state index in [9.17, 15) is 13.2 Å². The Bertz CT molecular complexity index is 1120. The lowest BCUT2D eigenvalue weighted by atomic mass is 10.1. The third-order valence-corrected chi connectivity index (χ3v) is 7.44. The van der Waals surface area contributed by atoms with Gasteiger partial charge < -0.3 is 0 Å². The molecule has 0 saturated heterocycles. The zero-order chi connectivity index (χ0) is 22.4. The second-order valence-corrected chi connectivity index (χ2v) is 10.1. The molecule has 164 valence electrons. The van der Waals surface area contributed by atoms with Gasteiger partial charge in [0.1, 0.15) is 0 Å². The quantitative estimate of drug-likeness (QED) is 0.480. The van der Waals surface area contributed by atoms with Crippen molar-refractivity contribution in [2.75, 3.05) is 18.4 Å². The van der Waals surface area contributed by atoms with Crippen molar-refractivity contribution in [2.24, 2.45) is 0 Å². The van der Waals surface area contributed by atoms with Crippen molar-refractivity contribution in [1.82, 2.24) is 9.29 Å². The normalized spacial score (nSPS) is 11.6. The maximum absolute atomic E-state index is 12.9. The third-order valence-electron chi connectivity index (χ3n) is 4.77. The van der Waals surface area contributed by atoms with Crippen molar-refractivity contribution >= 4 is 32.4 Å². The number of aryl methyl sites for hydroxylation is 1. The highest BCUT2D eigenvalue weighted by Gasteiger charge is 2.23. The SMILES string of the molecule is CCCN(CCC)S(=O)(=O)c1ccc(C(=O)Nc2nc(-c3ccc(C)cc3)cs2)cc1. The van der Waals surface area contributed by atoms with Crippen molar-refractivity contribution in [3.63, 3.8) is 0 Å². The van der Waals surface area contributed by atoms with Crippen LogP contribution in [0.4, 0.5) is 5.13 Å². The van der Waals surface area contributed by atoms with Crippen molar-refractivity contribution in [3.05, 3.63) is 65.0 Å². The number of carbonyl (C=O) groups excluding carboxylic acids is 1. The first-order valence-corrected chi connectivity index (χ1v) is 12.6. The van der Waals surface area contributed by atoms with Gasteiger partial charge in [0, 0.05) is 29.6 Å². The lowest BCUT2D eigenvalue weighted by molar-refractivity contribution is 0.102. The zero-order valence-corrected chi connectivity index (χ0v) is 19.6. The molecule has 1 heterocycles. The Kier molecular flexibility index (Phi) is 7.59. The standard InChI is InChI=1S/C23H27N3O3S2/c1-4-14-26(15-5-2)31(28,29)20-12-10-19(11-13-20)22(27)25-23-24-21(16-30-23)18-8-6-17(3)7-9-18/h6-13,16H,4-5,14-15H2,1-3H3,(H,24,25,27). The first-order chi connectivity index (χ1) is 14.8. The fourth-order valence-corrected chi connectivity index (χ4v) is 5.47. The molecule has 0 aliphatic heterocycles. The van der Waals surface area contributed by atoms with Crippen LogP contribution >= 0.6 is 11.3 Å². The summed E-state index contributed by atoms with van der Waals surface area (Å²) in [6, 6.07) is 14.1. The summed E-state index contributed by atoms with van der Waals surface area (Å²) >= 11 is 1.35. The van der Waals surface area contributed by atoms with Gasteiger partial charge in [-0.25, -0.2) is 13.4 Å². The van der Waals surface area contributed by atoms with Gasteiger partial charge in [0.15, 0.2) is 5.13 Å². The van der Waals surface area contributed by atoms with Crippen LogP contribution in [0.25, 0.3) is 11.3 Å². The fourth-order valence-electron chi connectivity index (χ4n) is 3.14. The second kappa shape index (κ2) is 10.2. The van der Waals surface area contributed by atoms with E-state index in [1.54, 1.807) is 0 Å². The molecule has 1 amide bonds. The van der Waals surface area contributed by atoms with Crippen LogP contribution in [-0.4, -0.2) is 36.7 Å². The molecule has 0 bridgehead atoms. The summed E-state index contributed by atoms with van der Waals surface area (Å²) < 4.78 is 27.2. The van der Waals surface area contributed by atoms with Crippen LogP contribution in [0.15, 0.2) is 58.8 Å². The van der Waals surface area contributed by atoms with Crippen LogP contribution in [0.1, 0.15) is 42.6 Å². The fraction of sp³-hybridized carbons (Fsp3) is 0.304. The predicted octanol–water partition coefficient (Wildman–Crippen LogP) is 5.18. The van der Waals surface area contributed by atoms with E-state index in [0.29, 0.717) is 23.8 Å². The second-order valence-electron chi connectivity index (χ2n) is 7.29. The van der Waals surface area contributed by atoms with E-state index in [0.717, 1.165) is 24.1 Å². The topological polar surface area (TPSA) is 79.4 Å². The largest absolute Gasteiger partial charge is 0.298 e. The Morgan fingerprint density at radius 1 is 1.00 bits per heavy atom. The number of nitrogens with one attached hydrogen (secondary N) is 1. The predicted molar refractivity (Wildman–Crippen MR) is 126 cm³/mol. The van der Waals surface area contributed by atoms with Gasteiger partial charge in [0.05, 0.1) is 10.6 Å². The van der Waals surface area contributed by atoms with Crippen LogP contribution in [0.3, 0.4) is 0 Å². The number of nitrogens with zero attached hydrogens (tertiary/aromatic N) is 2. The van der Waals surface area contributed by atoms with Crippen molar-refractivity contribution in [1.29, 1.82) is 0 Å². The molecule has 2 aromatic carbocycles. The monoisotopic (exact) mass is 457 g/mol. The molecule has 1 N–H and O–H groups in total. The minimum atomic E-state index is -3.57. The molecule has 0 spiro atoms. The molecular formula is C23H27N3O3S2. The lowest BCUT2D eigenvalue weighted by Crippen LogP contribution is -2.32. The van der Waals surface area contributed by atoms with Crippen LogP contribution < -0.4 is 5.32 Å². The number of amides is 1. The highest BCUT2D eigenvalue weighted by Crippen LogP contribution is 2.25. The smallest absolute Gasteiger partial charge is 0.257 e. The summed E-state index contributed by atoms with van der Waals surface area (Å²) in [6.45, 7) is 6.89. The first kappa shape index (κ1) is 23.1. The molecular weight excluding hydrogens is 430 g/mol. The third kappa shape index (κ3) is 5.58. The number of hydrogen-bond donors (Lipinski definition) is 1. The summed E-state index contributed by atoms with van der Waals surface area (Å²) in [4.78, 5) is 17.3. The minimum absolute atomic E-state index is 0.196. The average molecular weight is 458 g/mol. The summed E-state index contributed by atoms with van der Waals surface area (Å²) in [5.74, 6) is -0.326. The summed E-state index contributed by atoms with van der Waals surface area (Å²) in [7, 11) is -3.57. The maximum atomic E-state index is 12.9. The number of carbonyl (C=O) groups is 1. The highest BCUT2D eigenvalue weighted by atomic mass is 32.2. The number of anilines is 1. The van der Waals surface area contributed by atoms with Gasteiger partial charge in [0.2, 0.25) is 10.0 Å². The van der Waals surface area contributed by atoms with Gasteiger partial charge in [-0.2, -0.15) is 4.31 Å². The van der Waals surface area contributed by atoms with Crippen LogP contribution in [0, 0.1) is 6.92 Å². The van der Waals surface area contributed by atoms with E-state index in [4.69, 9.17) is 0 Å². The molecule has 3 aromatic rings. The maximum Gasteiger partial charge on any atom is 0.257 e. The number of benzene rings is 2. The van der Waals surface area contributed by atoms with E-state index in [2.05, 4.69) is 10.3 Å². The first-order valence-electron chi connectivity index (χ1n) is 10.3. The highest BCUT2D eigenvalue weighted by molar-refractivity contribution is 7.89. The Hall–Kier alpha value is -2.55. The van der Waals surface area contributed by atoms with Gasteiger partial charge >= 0.3 is 0 Å². The van der Waals surface area contributed by atoms with Gasteiger partial charge in [-0.15, -0.1) is 11.3 Å². The van der Waals surface area contributed by atoms with Crippen molar-refractivity contribution in [2.45, 2.75) is 38.5 Å². The average Bonchev–Trinajstić information content (AvgIpc) is 3.22. The molecule has 31 heavy (non-hydrogen) atoms. The van der Waals surface area contributed by atoms with E-state index >= 15 is 0 Å². The summed E-state index contributed by atoms with van der Waals surface area (Å²) in [6.07, 6.45) is 1.50. The van der Waals surface area contributed by atoms with Crippen LogP contribution in [-0.2, 0) is 10.0 Å². The number of rotatable bonds is 9. The Morgan fingerprint density at radius 3 is 2.19 bits per heavy atom.